The van der Waals surface area contributed by atoms with Crippen LogP contribution in [0.2, 0.25) is 5.02 Å². The minimum atomic E-state index is -0.183. The van der Waals surface area contributed by atoms with Crippen molar-refractivity contribution in [1.29, 1.82) is 0 Å². The third kappa shape index (κ3) is 2.85. The van der Waals surface area contributed by atoms with E-state index in [2.05, 4.69) is 43.7 Å². The van der Waals surface area contributed by atoms with Crippen LogP contribution >= 0.6 is 11.6 Å². The Morgan fingerprint density at radius 1 is 1.03 bits per heavy atom. The molecule has 0 N–H and O–H groups in total. The van der Waals surface area contributed by atoms with Crippen molar-refractivity contribution < 1.29 is 4.39 Å². The summed E-state index contributed by atoms with van der Waals surface area (Å²) in [5.74, 6) is 2.32. The average molecular weight is 424 g/mol. The number of hydrogen-bond donors (Lipinski definition) is 0. The number of aromatic nitrogens is 3. The van der Waals surface area contributed by atoms with Gasteiger partial charge in [-0.2, -0.15) is 0 Å². The molecule has 1 spiro atoms. The van der Waals surface area contributed by atoms with Crippen molar-refractivity contribution in [2.75, 3.05) is 25.0 Å². The molecule has 1 aliphatic carbocycles. The van der Waals surface area contributed by atoms with Crippen molar-refractivity contribution >= 4 is 17.3 Å². The van der Waals surface area contributed by atoms with E-state index in [1.165, 1.54) is 17.7 Å². The van der Waals surface area contributed by atoms with Crippen LogP contribution in [0.3, 0.4) is 0 Å². The van der Waals surface area contributed by atoms with Crippen LogP contribution in [-0.2, 0) is 13.1 Å². The Morgan fingerprint density at radius 2 is 1.80 bits per heavy atom. The van der Waals surface area contributed by atoms with Gasteiger partial charge in [-0.05, 0) is 67.9 Å². The third-order valence-electron chi connectivity index (χ3n) is 6.86. The Bertz CT molecular complexity index is 1110. The zero-order valence-corrected chi connectivity index (χ0v) is 17.6. The van der Waals surface area contributed by atoms with Gasteiger partial charge in [-0.1, -0.05) is 11.6 Å². The molecule has 2 aromatic carbocycles. The summed E-state index contributed by atoms with van der Waals surface area (Å²) >= 11 is 6.27. The number of fused-ring (bicyclic) bond motifs is 3. The summed E-state index contributed by atoms with van der Waals surface area (Å²) in [5, 5.41) is 9.93. The molecule has 3 heterocycles. The molecule has 1 aromatic heterocycles. The van der Waals surface area contributed by atoms with Gasteiger partial charge in [-0.15, -0.1) is 10.2 Å². The van der Waals surface area contributed by atoms with Gasteiger partial charge in [0.2, 0.25) is 0 Å². The lowest BCUT2D eigenvalue weighted by molar-refractivity contribution is 0.0588. The molecule has 2 fully saturated rings. The van der Waals surface area contributed by atoms with Crippen LogP contribution in [0.4, 0.5) is 10.1 Å². The summed E-state index contributed by atoms with van der Waals surface area (Å²) < 4.78 is 15.5. The molecule has 0 atom stereocenters. The highest BCUT2D eigenvalue weighted by atomic mass is 35.5. The predicted molar refractivity (Wildman–Crippen MR) is 115 cm³/mol. The van der Waals surface area contributed by atoms with E-state index in [9.17, 15) is 4.39 Å². The molecular formula is C23H23ClFN5. The van der Waals surface area contributed by atoms with E-state index in [0.717, 1.165) is 67.1 Å². The van der Waals surface area contributed by atoms with Crippen LogP contribution < -0.4 is 4.90 Å². The van der Waals surface area contributed by atoms with Gasteiger partial charge in [0.05, 0.1) is 12.2 Å². The highest BCUT2D eigenvalue weighted by Gasteiger charge is 2.54. The number of rotatable bonds is 2. The molecule has 0 unspecified atom stereocenters. The van der Waals surface area contributed by atoms with Gasteiger partial charge in [0.25, 0.3) is 0 Å². The smallest absolute Gasteiger partial charge is 0.151 e. The minimum absolute atomic E-state index is 0.183. The number of anilines is 1. The molecule has 30 heavy (non-hydrogen) atoms. The van der Waals surface area contributed by atoms with Gasteiger partial charge in [0.15, 0.2) is 5.82 Å². The van der Waals surface area contributed by atoms with E-state index in [1.807, 2.05) is 18.2 Å². The van der Waals surface area contributed by atoms with Gasteiger partial charge in [0, 0.05) is 41.7 Å². The van der Waals surface area contributed by atoms with Crippen LogP contribution in [0.5, 0.6) is 0 Å². The van der Waals surface area contributed by atoms with E-state index < -0.39 is 0 Å². The average Bonchev–Trinajstić information content (AvgIpc) is 2.97. The molecule has 0 radical (unpaired) electrons. The van der Waals surface area contributed by atoms with Gasteiger partial charge in [0.1, 0.15) is 11.6 Å². The monoisotopic (exact) mass is 423 g/mol. The van der Waals surface area contributed by atoms with Crippen LogP contribution in [0.15, 0.2) is 42.5 Å². The molecule has 6 rings (SSSR count). The van der Waals surface area contributed by atoms with Gasteiger partial charge in [-0.3, -0.25) is 9.47 Å². The van der Waals surface area contributed by atoms with Crippen molar-refractivity contribution in [3.63, 3.8) is 0 Å². The number of halogens is 2. The lowest BCUT2D eigenvalue weighted by Crippen LogP contribution is -2.62. The summed E-state index contributed by atoms with van der Waals surface area (Å²) in [6.07, 6.45) is 2.25. The van der Waals surface area contributed by atoms with Crippen LogP contribution in [0.25, 0.3) is 5.69 Å². The quantitative estimate of drug-likeness (QED) is 0.612. The highest BCUT2D eigenvalue weighted by Crippen LogP contribution is 2.56. The Labute approximate surface area is 180 Å². The van der Waals surface area contributed by atoms with Crippen LogP contribution in [0.1, 0.15) is 36.0 Å². The molecule has 154 valence electrons. The standard InChI is InChI=1S/C23H23ClFN5/c1-28-11-15-8-17(24)2-7-20(15)30-21(12-28)26-27-22(30)16-9-23(10-16)13-29(14-23)19-5-3-18(25)4-6-19/h2-8,16H,9-14H2,1H3. The number of hydrogen-bond acceptors (Lipinski definition) is 4. The Balaban J connectivity index is 1.23. The molecule has 5 nitrogen and oxygen atoms in total. The first-order chi connectivity index (χ1) is 14.5. The molecular weight excluding hydrogens is 401 g/mol. The molecule has 3 aliphatic rings. The summed E-state index contributed by atoms with van der Waals surface area (Å²) in [6.45, 7) is 3.69. The molecule has 1 saturated carbocycles. The maximum atomic E-state index is 13.2. The zero-order chi connectivity index (χ0) is 20.5. The van der Waals surface area contributed by atoms with Crippen molar-refractivity contribution in [2.24, 2.45) is 5.41 Å². The largest absolute Gasteiger partial charge is 0.370 e. The lowest BCUT2D eigenvalue weighted by Gasteiger charge is -2.59. The Morgan fingerprint density at radius 3 is 2.57 bits per heavy atom. The fourth-order valence-corrected chi connectivity index (χ4v) is 5.67. The normalized spacial score (nSPS) is 20.3. The zero-order valence-electron chi connectivity index (χ0n) is 16.9. The fourth-order valence-electron chi connectivity index (χ4n) is 5.47. The van der Waals surface area contributed by atoms with E-state index >= 15 is 0 Å². The predicted octanol–water partition coefficient (Wildman–Crippen LogP) is 4.39. The van der Waals surface area contributed by atoms with Crippen molar-refractivity contribution in [1.82, 2.24) is 19.7 Å². The first-order valence-electron chi connectivity index (χ1n) is 10.4. The van der Waals surface area contributed by atoms with Crippen molar-refractivity contribution in [3.05, 3.63) is 70.5 Å². The van der Waals surface area contributed by atoms with E-state index in [4.69, 9.17) is 11.6 Å². The molecule has 0 amide bonds. The summed E-state index contributed by atoms with van der Waals surface area (Å²) in [5.41, 5.74) is 3.83. The first-order valence-corrected chi connectivity index (χ1v) is 10.8. The second-order valence-electron chi connectivity index (χ2n) is 9.19. The SMILES string of the molecule is CN1Cc2cc(Cl)ccc2-n2c(nnc2C2CC3(C2)CN(c2ccc(F)cc2)C3)C1. The topological polar surface area (TPSA) is 37.2 Å². The van der Waals surface area contributed by atoms with E-state index in [1.54, 1.807) is 0 Å². The number of benzene rings is 2. The number of nitrogens with zero attached hydrogens (tertiary/aromatic N) is 5. The Hall–Kier alpha value is -2.44. The molecule has 3 aromatic rings. The Kier molecular flexibility index (Phi) is 3.99. The molecule has 0 bridgehead atoms. The van der Waals surface area contributed by atoms with Gasteiger partial charge >= 0.3 is 0 Å². The van der Waals surface area contributed by atoms with Crippen LogP contribution in [-0.4, -0.2) is 39.8 Å². The summed E-state index contributed by atoms with van der Waals surface area (Å²) in [4.78, 5) is 4.59. The second-order valence-corrected chi connectivity index (χ2v) is 9.63. The van der Waals surface area contributed by atoms with E-state index in [0.29, 0.717) is 11.3 Å². The second kappa shape index (κ2) is 6.53. The highest BCUT2D eigenvalue weighted by molar-refractivity contribution is 6.30. The molecule has 7 heteroatoms. The van der Waals surface area contributed by atoms with Crippen molar-refractivity contribution in [3.8, 4) is 5.69 Å². The van der Waals surface area contributed by atoms with Gasteiger partial charge < -0.3 is 4.90 Å². The maximum Gasteiger partial charge on any atom is 0.151 e. The molecule has 2 aliphatic heterocycles. The van der Waals surface area contributed by atoms with Crippen LogP contribution in [0, 0.1) is 11.2 Å². The minimum Gasteiger partial charge on any atom is -0.370 e. The lowest BCUT2D eigenvalue weighted by atomic mass is 9.57. The van der Waals surface area contributed by atoms with E-state index in [-0.39, 0.29) is 5.82 Å². The maximum absolute atomic E-state index is 13.2. The fraction of sp³-hybridized carbons (Fsp3) is 0.391. The van der Waals surface area contributed by atoms with Crippen molar-refractivity contribution in [2.45, 2.75) is 31.8 Å². The first kappa shape index (κ1) is 18.3. The summed E-state index contributed by atoms with van der Waals surface area (Å²) in [7, 11) is 2.10. The molecule has 1 saturated heterocycles. The summed E-state index contributed by atoms with van der Waals surface area (Å²) in [6, 6.07) is 12.9. The third-order valence-corrected chi connectivity index (χ3v) is 7.09. The van der Waals surface area contributed by atoms with Gasteiger partial charge in [-0.25, -0.2) is 4.39 Å².